The minimum absolute atomic E-state index is 0.0669. The molecule has 4 heteroatoms. The predicted molar refractivity (Wildman–Crippen MR) is 78.3 cm³/mol. The number of Topliss-reactive ketones (excluding diaryl/α,β-unsaturated/α-hetero) is 1. The molecule has 2 aromatic rings. The van der Waals surface area contributed by atoms with E-state index in [-0.39, 0.29) is 5.78 Å². The Bertz CT molecular complexity index is 626. The summed E-state index contributed by atoms with van der Waals surface area (Å²) in [6, 6.07) is 7.15. The van der Waals surface area contributed by atoms with Crippen LogP contribution in [0.15, 0.2) is 28.7 Å². The van der Waals surface area contributed by atoms with Crippen LogP contribution in [0, 0.1) is 5.92 Å². The topological polar surface area (TPSA) is 39.4 Å². The maximum atomic E-state index is 12.2. The molecule has 20 heavy (non-hydrogen) atoms. The van der Waals surface area contributed by atoms with Crippen LogP contribution < -0.4 is 0 Å². The lowest BCUT2D eigenvalue weighted by atomic mass is 9.79. The van der Waals surface area contributed by atoms with Gasteiger partial charge in [0, 0.05) is 23.4 Å². The van der Waals surface area contributed by atoms with Crippen LogP contribution in [0.4, 0.5) is 0 Å². The third-order valence-corrected chi connectivity index (χ3v) is 4.06. The van der Waals surface area contributed by atoms with Gasteiger partial charge in [-0.25, -0.2) is 0 Å². The van der Waals surface area contributed by atoms with E-state index in [1.165, 1.54) is 0 Å². The van der Waals surface area contributed by atoms with E-state index in [1.807, 2.05) is 13.0 Å². The summed E-state index contributed by atoms with van der Waals surface area (Å²) in [5, 5.41) is 1.53. The number of furan rings is 1. The molecule has 0 amide bonds. The number of ketones is 1. The van der Waals surface area contributed by atoms with Crippen LogP contribution in [0.3, 0.4) is 0 Å². The van der Waals surface area contributed by atoms with Gasteiger partial charge in [0.25, 0.3) is 0 Å². The molecule has 0 aliphatic heterocycles. The van der Waals surface area contributed by atoms with Crippen LogP contribution in [0.25, 0.3) is 11.0 Å². The average molecular weight is 293 g/mol. The molecule has 1 aromatic heterocycles. The van der Waals surface area contributed by atoms with Crippen molar-refractivity contribution in [1.82, 2.24) is 0 Å². The third-order valence-electron chi connectivity index (χ3n) is 3.82. The molecule has 106 valence electrons. The first kappa shape index (κ1) is 13.7. The van der Waals surface area contributed by atoms with E-state index in [9.17, 15) is 4.79 Å². The molecule has 1 heterocycles. The molecule has 0 bridgehead atoms. The maximum absolute atomic E-state index is 12.2. The minimum Gasteiger partial charge on any atom is -0.453 e. The number of hydrogen-bond acceptors (Lipinski definition) is 3. The SMILES string of the molecule is CCOC1CC(CC(=O)c2cc3cc(Cl)ccc3o2)C1. The Morgan fingerprint density at radius 1 is 1.40 bits per heavy atom. The quantitative estimate of drug-likeness (QED) is 0.763. The zero-order valence-corrected chi connectivity index (χ0v) is 12.2. The highest BCUT2D eigenvalue weighted by molar-refractivity contribution is 6.31. The lowest BCUT2D eigenvalue weighted by Crippen LogP contribution is -2.32. The first-order valence-electron chi connectivity index (χ1n) is 6.99. The van der Waals surface area contributed by atoms with Gasteiger partial charge in [0.2, 0.25) is 0 Å². The average Bonchev–Trinajstić information content (AvgIpc) is 2.79. The summed E-state index contributed by atoms with van der Waals surface area (Å²) in [5.41, 5.74) is 0.707. The fourth-order valence-electron chi connectivity index (χ4n) is 2.73. The Kier molecular flexibility index (Phi) is 3.81. The lowest BCUT2D eigenvalue weighted by Gasteiger charge is -2.34. The molecule has 1 aliphatic carbocycles. The number of benzene rings is 1. The van der Waals surface area contributed by atoms with Crippen LogP contribution in [0.1, 0.15) is 36.7 Å². The summed E-state index contributed by atoms with van der Waals surface area (Å²) in [7, 11) is 0. The molecule has 1 fully saturated rings. The van der Waals surface area contributed by atoms with Crippen LogP contribution in [0.2, 0.25) is 5.02 Å². The summed E-state index contributed by atoms with van der Waals surface area (Å²) in [4.78, 5) is 12.2. The second-order valence-corrected chi connectivity index (χ2v) is 5.77. The molecule has 0 saturated heterocycles. The summed E-state index contributed by atoms with van der Waals surface area (Å²) in [5.74, 6) is 0.926. The van der Waals surface area contributed by atoms with Crippen molar-refractivity contribution in [3.05, 3.63) is 35.0 Å². The number of rotatable bonds is 5. The van der Waals surface area contributed by atoms with Crippen molar-refractivity contribution < 1.29 is 13.9 Å². The van der Waals surface area contributed by atoms with Crippen LogP contribution in [-0.2, 0) is 4.74 Å². The van der Waals surface area contributed by atoms with Gasteiger partial charge in [0.05, 0.1) is 6.10 Å². The highest BCUT2D eigenvalue weighted by Gasteiger charge is 2.31. The van der Waals surface area contributed by atoms with Crippen LogP contribution in [0.5, 0.6) is 0 Å². The van der Waals surface area contributed by atoms with Gasteiger partial charge >= 0.3 is 0 Å². The first-order valence-corrected chi connectivity index (χ1v) is 7.37. The van der Waals surface area contributed by atoms with E-state index < -0.39 is 0 Å². The molecule has 3 nitrogen and oxygen atoms in total. The Balaban J connectivity index is 1.64. The van der Waals surface area contributed by atoms with Crippen molar-refractivity contribution in [1.29, 1.82) is 0 Å². The van der Waals surface area contributed by atoms with E-state index in [0.717, 1.165) is 24.8 Å². The van der Waals surface area contributed by atoms with E-state index in [0.29, 0.717) is 34.8 Å². The normalized spacial score (nSPS) is 21.9. The largest absolute Gasteiger partial charge is 0.453 e. The number of hydrogen-bond donors (Lipinski definition) is 0. The Labute approximate surface area is 122 Å². The second kappa shape index (κ2) is 5.58. The third kappa shape index (κ3) is 2.74. The molecule has 1 aromatic carbocycles. The Hall–Kier alpha value is -1.32. The fourth-order valence-corrected chi connectivity index (χ4v) is 2.91. The lowest BCUT2D eigenvalue weighted by molar-refractivity contribution is -0.0247. The van der Waals surface area contributed by atoms with Crippen molar-refractivity contribution in [3.63, 3.8) is 0 Å². The monoisotopic (exact) mass is 292 g/mol. The zero-order valence-electron chi connectivity index (χ0n) is 11.4. The number of carbonyl (C=O) groups excluding carboxylic acids is 1. The highest BCUT2D eigenvalue weighted by Crippen LogP contribution is 2.34. The summed E-state index contributed by atoms with van der Waals surface area (Å²) in [6.45, 7) is 2.74. The smallest absolute Gasteiger partial charge is 0.198 e. The fraction of sp³-hybridized carbons (Fsp3) is 0.438. The molecule has 0 atom stereocenters. The van der Waals surface area contributed by atoms with E-state index in [4.69, 9.17) is 20.8 Å². The molecule has 0 unspecified atom stereocenters. The van der Waals surface area contributed by atoms with Crippen LogP contribution in [-0.4, -0.2) is 18.5 Å². The second-order valence-electron chi connectivity index (χ2n) is 5.33. The van der Waals surface area contributed by atoms with Gasteiger partial charge in [-0.3, -0.25) is 4.79 Å². The van der Waals surface area contributed by atoms with Gasteiger partial charge in [0.15, 0.2) is 11.5 Å². The van der Waals surface area contributed by atoms with E-state index in [2.05, 4.69) is 0 Å². The van der Waals surface area contributed by atoms with Crippen LogP contribution >= 0.6 is 11.6 Å². The number of carbonyl (C=O) groups is 1. The predicted octanol–water partition coefficient (Wildman–Crippen LogP) is 4.47. The molecule has 3 rings (SSSR count). The molecule has 0 N–H and O–H groups in total. The van der Waals surface area contributed by atoms with Gasteiger partial charge in [0.1, 0.15) is 5.58 Å². The van der Waals surface area contributed by atoms with Gasteiger partial charge < -0.3 is 9.15 Å². The molecule has 0 radical (unpaired) electrons. The molecule has 1 saturated carbocycles. The Morgan fingerprint density at radius 3 is 2.95 bits per heavy atom. The number of fused-ring (bicyclic) bond motifs is 1. The number of halogens is 1. The Morgan fingerprint density at radius 2 is 2.20 bits per heavy atom. The minimum atomic E-state index is 0.0669. The van der Waals surface area contributed by atoms with Gasteiger partial charge in [-0.1, -0.05) is 11.6 Å². The van der Waals surface area contributed by atoms with E-state index in [1.54, 1.807) is 18.2 Å². The highest BCUT2D eigenvalue weighted by atomic mass is 35.5. The van der Waals surface area contributed by atoms with Gasteiger partial charge in [-0.2, -0.15) is 0 Å². The zero-order chi connectivity index (χ0) is 14.1. The van der Waals surface area contributed by atoms with Crippen molar-refractivity contribution in [2.75, 3.05) is 6.61 Å². The molecular weight excluding hydrogens is 276 g/mol. The van der Waals surface area contributed by atoms with Crippen molar-refractivity contribution >= 4 is 28.4 Å². The molecular formula is C16H17ClO3. The number of ether oxygens (including phenoxy) is 1. The van der Waals surface area contributed by atoms with Gasteiger partial charge in [-0.05, 0) is 49.9 Å². The van der Waals surface area contributed by atoms with Crippen molar-refractivity contribution in [2.24, 2.45) is 5.92 Å². The first-order chi connectivity index (χ1) is 9.65. The van der Waals surface area contributed by atoms with Crippen molar-refractivity contribution in [2.45, 2.75) is 32.3 Å². The summed E-state index contributed by atoms with van der Waals surface area (Å²) < 4.78 is 11.1. The summed E-state index contributed by atoms with van der Waals surface area (Å²) in [6.07, 6.45) is 2.83. The molecule has 0 spiro atoms. The maximum Gasteiger partial charge on any atom is 0.198 e. The van der Waals surface area contributed by atoms with E-state index >= 15 is 0 Å². The standard InChI is InChI=1S/C16H17ClO3/c1-2-19-13-5-10(6-13)7-14(18)16-9-11-8-12(17)3-4-15(11)20-16/h3-4,8-10,13H,2,5-7H2,1H3. The van der Waals surface area contributed by atoms with Gasteiger partial charge in [-0.15, -0.1) is 0 Å². The summed E-state index contributed by atoms with van der Waals surface area (Å²) >= 11 is 5.93. The van der Waals surface area contributed by atoms with Crippen molar-refractivity contribution in [3.8, 4) is 0 Å². The molecule has 1 aliphatic rings.